The van der Waals surface area contributed by atoms with Crippen LogP contribution in [0.5, 0.6) is 0 Å². The summed E-state index contributed by atoms with van der Waals surface area (Å²) in [5, 5.41) is 0.208. The Balaban J connectivity index is 1.85. The molecule has 2 bridgehead atoms. The quantitative estimate of drug-likeness (QED) is 0.342. The Morgan fingerprint density at radius 2 is 1.57 bits per heavy atom. The van der Waals surface area contributed by atoms with Crippen molar-refractivity contribution >= 4 is 16.6 Å². The summed E-state index contributed by atoms with van der Waals surface area (Å²) in [7, 11) is -1.84. The zero-order chi connectivity index (χ0) is 22.9. The third-order valence-corrected chi connectivity index (χ3v) is 19.8. The molecule has 0 radical (unpaired) electrons. The number of hydrogen-bond donors (Lipinski definition) is 0. The standard InChI is InChI=1S/C25H48O3Si2/c1-16(2)30(17(3)4,18(5)6)27-15-25-14-20(25)19-13-21(22(25)23(19)26-10)28-29(11,12)24(7,8)9/h13,16-20,22-23H,14-15H2,1-12H3/t19-,20?,22?,23-,25?/m0/s1. The van der Waals surface area contributed by atoms with Gasteiger partial charge in [-0.1, -0.05) is 62.3 Å². The first-order valence-electron chi connectivity index (χ1n) is 12.2. The van der Waals surface area contributed by atoms with Gasteiger partial charge in [-0.25, -0.2) is 0 Å². The predicted molar refractivity (Wildman–Crippen MR) is 132 cm³/mol. The van der Waals surface area contributed by atoms with Crippen molar-refractivity contribution in [1.82, 2.24) is 0 Å². The summed E-state index contributed by atoms with van der Waals surface area (Å²) in [6.45, 7) is 26.9. The smallest absolute Gasteiger partial charge is 0.250 e. The number of fused-ring (bicyclic) bond motifs is 5. The largest absolute Gasteiger partial charge is 0.546 e. The van der Waals surface area contributed by atoms with Gasteiger partial charge in [0, 0.05) is 31.0 Å². The molecule has 5 atom stereocenters. The van der Waals surface area contributed by atoms with Crippen LogP contribution in [0.4, 0.5) is 0 Å². The van der Waals surface area contributed by atoms with E-state index in [2.05, 4.69) is 81.5 Å². The number of methoxy groups -OCH3 is 1. The summed E-state index contributed by atoms with van der Waals surface area (Å²) in [6, 6.07) is 0. The molecule has 0 amide bonds. The van der Waals surface area contributed by atoms with E-state index >= 15 is 0 Å². The van der Waals surface area contributed by atoms with Gasteiger partial charge in [-0.05, 0) is 53.2 Å². The SMILES string of the molecule is CO[C@@H]1C2C(O[Si](C)(C)C(C)(C)C)=C[C@H]1C1CC21CO[Si](C(C)C)(C(C)C)C(C)C. The van der Waals surface area contributed by atoms with Crippen molar-refractivity contribution in [2.75, 3.05) is 13.7 Å². The average molecular weight is 453 g/mol. The van der Waals surface area contributed by atoms with Gasteiger partial charge in [0.25, 0.3) is 0 Å². The Labute approximate surface area is 188 Å². The normalized spacial score (nSPS) is 33.5. The molecule has 2 saturated carbocycles. The van der Waals surface area contributed by atoms with Crippen LogP contribution < -0.4 is 0 Å². The highest BCUT2D eigenvalue weighted by atomic mass is 28.4. The van der Waals surface area contributed by atoms with Crippen LogP contribution in [0.25, 0.3) is 0 Å². The van der Waals surface area contributed by atoms with Gasteiger partial charge in [-0.2, -0.15) is 0 Å². The van der Waals surface area contributed by atoms with E-state index in [1.165, 1.54) is 12.2 Å². The summed E-state index contributed by atoms with van der Waals surface area (Å²) >= 11 is 0. The van der Waals surface area contributed by atoms with Crippen molar-refractivity contribution in [2.24, 2.45) is 23.2 Å². The molecule has 3 aliphatic rings. The van der Waals surface area contributed by atoms with Crippen molar-refractivity contribution in [1.29, 1.82) is 0 Å². The lowest BCUT2D eigenvalue weighted by molar-refractivity contribution is 0.0289. The Kier molecular flexibility index (Phi) is 6.33. The Morgan fingerprint density at radius 1 is 1.03 bits per heavy atom. The molecule has 30 heavy (non-hydrogen) atoms. The minimum atomic E-state index is -1.87. The van der Waals surface area contributed by atoms with Crippen LogP contribution >= 0.6 is 0 Å². The predicted octanol–water partition coefficient (Wildman–Crippen LogP) is 7.37. The zero-order valence-electron chi connectivity index (χ0n) is 21.8. The molecule has 0 aromatic heterocycles. The van der Waals surface area contributed by atoms with Crippen LogP contribution in [-0.2, 0) is 13.6 Å². The summed E-state index contributed by atoms with van der Waals surface area (Å²) in [5.74, 6) is 2.85. The molecule has 174 valence electrons. The Hall–Kier alpha value is -0.106. The van der Waals surface area contributed by atoms with Crippen molar-refractivity contribution in [3.63, 3.8) is 0 Å². The van der Waals surface area contributed by atoms with E-state index in [9.17, 15) is 0 Å². The molecule has 0 aromatic carbocycles. The summed E-state index contributed by atoms with van der Waals surface area (Å²) < 4.78 is 20.1. The lowest BCUT2D eigenvalue weighted by atomic mass is 9.89. The molecule has 3 aliphatic carbocycles. The maximum atomic E-state index is 7.15. The van der Waals surface area contributed by atoms with E-state index in [4.69, 9.17) is 13.6 Å². The molecule has 0 spiro atoms. The average Bonchev–Trinajstić information content (AvgIpc) is 3.14. The van der Waals surface area contributed by atoms with Crippen molar-refractivity contribution in [2.45, 2.75) is 110 Å². The second-order valence-electron chi connectivity index (χ2n) is 12.8. The van der Waals surface area contributed by atoms with Crippen molar-refractivity contribution in [3.05, 3.63) is 11.8 Å². The molecule has 0 N–H and O–H groups in total. The van der Waals surface area contributed by atoms with Crippen molar-refractivity contribution < 1.29 is 13.6 Å². The van der Waals surface area contributed by atoms with E-state index in [1.54, 1.807) is 0 Å². The molecule has 5 heteroatoms. The zero-order valence-corrected chi connectivity index (χ0v) is 23.8. The maximum Gasteiger partial charge on any atom is 0.250 e. The molecule has 0 heterocycles. The molecule has 3 rings (SSSR count). The first kappa shape index (κ1) is 24.5. The van der Waals surface area contributed by atoms with E-state index < -0.39 is 16.6 Å². The lowest BCUT2D eigenvalue weighted by Crippen LogP contribution is -2.49. The van der Waals surface area contributed by atoms with Crippen LogP contribution in [0.2, 0.25) is 34.8 Å². The van der Waals surface area contributed by atoms with Crippen LogP contribution in [0.3, 0.4) is 0 Å². The number of rotatable bonds is 9. The first-order valence-corrected chi connectivity index (χ1v) is 17.3. The third-order valence-electron chi connectivity index (χ3n) is 9.38. The fourth-order valence-corrected chi connectivity index (χ4v) is 13.4. The van der Waals surface area contributed by atoms with Gasteiger partial charge in [0.15, 0.2) is 8.32 Å². The van der Waals surface area contributed by atoms with Crippen LogP contribution in [0.1, 0.15) is 68.7 Å². The van der Waals surface area contributed by atoms with Gasteiger partial charge < -0.3 is 13.6 Å². The molecule has 0 saturated heterocycles. The fraction of sp³-hybridized carbons (Fsp3) is 0.920. The van der Waals surface area contributed by atoms with Gasteiger partial charge in [-0.15, -0.1) is 0 Å². The van der Waals surface area contributed by atoms with Crippen LogP contribution in [-0.4, -0.2) is 36.5 Å². The fourth-order valence-electron chi connectivity index (χ4n) is 6.81. The molecule has 0 aliphatic heterocycles. The van der Waals surface area contributed by atoms with E-state index in [0.717, 1.165) is 12.5 Å². The van der Waals surface area contributed by atoms with Gasteiger partial charge >= 0.3 is 0 Å². The first-order chi connectivity index (χ1) is 13.7. The molecule has 0 aromatic rings. The van der Waals surface area contributed by atoms with Crippen LogP contribution in [0, 0.1) is 23.2 Å². The minimum Gasteiger partial charge on any atom is -0.546 e. The summed E-state index contributed by atoms with van der Waals surface area (Å²) in [4.78, 5) is 0. The Bertz CT molecular complexity index is 655. The van der Waals surface area contributed by atoms with Crippen molar-refractivity contribution in [3.8, 4) is 0 Å². The lowest BCUT2D eigenvalue weighted by Gasteiger charge is -2.44. The summed E-state index contributed by atoms with van der Waals surface area (Å²) in [5.41, 5.74) is 2.12. The Morgan fingerprint density at radius 3 is 1.97 bits per heavy atom. The maximum absolute atomic E-state index is 7.15. The monoisotopic (exact) mass is 452 g/mol. The molecule has 3 nitrogen and oxygen atoms in total. The highest BCUT2D eigenvalue weighted by molar-refractivity contribution is 6.77. The van der Waals surface area contributed by atoms with Gasteiger partial charge in [-0.3, -0.25) is 0 Å². The number of hydrogen-bond acceptors (Lipinski definition) is 3. The number of ether oxygens (including phenoxy) is 1. The van der Waals surface area contributed by atoms with Gasteiger partial charge in [0.05, 0.1) is 11.9 Å². The molecular weight excluding hydrogens is 404 g/mol. The van der Waals surface area contributed by atoms with E-state index in [0.29, 0.717) is 28.5 Å². The molecular formula is C25H48O3Si2. The van der Waals surface area contributed by atoms with Crippen LogP contribution in [0.15, 0.2) is 11.8 Å². The highest BCUT2D eigenvalue weighted by Gasteiger charge is 2.75. The minimum absolute atomic E-state index is 0.208. The van der Waals surface area contributed by atoms with E-state index in [1.807, 2.05) is 7.11 Å². The van der Waals surface area contributed by atoms with Gasteiger partial charge in [0.2, 0.25) is 8.32 Å². The van der Waals surface area contributed by atoms with E-state index in [-0.39, 0.29) is 16.6 Å². The highest BCUT2D eigenvalue weighted by Crippen LogP contribution is 2.75. The second kappa shape index (κ2) is 7.74. The van der Waals surface area contributed by atoms with Gasteiger partial charge in [0.1, 0.15) is 0 Å². The molecule has 2 fully saturated rings. The topological polar surface area (TPSA) is 27.7 Å². The molecule has 3 unspecified atom stereocenters. The third kappa shape index (κ3) is 3.50. The summed E-state index contributed by atoms with van der Waals surface area (Å²) in [6.07, 6.45) is 4.00. The second-order valence-corrected chi connectivity index (χ2v) is 23.0.